The lowest BCUT2D eigenvalue weighted by atomic mass is 9.82. The number of ether oxygens (including phenoxy) is 1. The predicted octanol–water partition coefficient (Wildman–Crippen LogP) is 4.07. The fraction of sp³-hybridized carbons (Fsp3) is 0.400. The maximum atomic E-state index is 9.14. The third-order valence-corrected chi connectivity index (χ3v) is 5.09. The first-order valence-corrected chi connectivity index (χ1v) is 8.80. The van der Waals surface area contributed by atoms with E-state index in [4.69, 9.17) is 9.84 Å². The minimum absolute atomic E-state index is 0.169. The number of aliphatic hydroxyl groups is 1. The minimum atomic E-state index is 0.169. The van der Waals surface area contributed by atoms with Gasteiger partial charge in [0.2, 0.25) is 0 Å². The normalized spacial score (nSPS) is 24.8. The first kappa shape index (κ1) is 15.5. The van der Waals surface area contributed by atoms with Crippen LogP contribution in [0.15, 0.2) is 48.5 Å². The summed E-state index contributed by atoms with van der Waals surface area (Å²) in [5.41, 5.74) is 4.59. The second kappa shape index (κ2) is 6.83. The molecule has 0 saturated carbocycles. The molecule has 0 aliphatic carbocycles. The fourth-order valence-corrected chi connectivity index (χ4v) is 3.94. The van der Waals surface area contributed by atoms with Gasteiger partial charge in [0.15, 0.2) is 0 Å². The molecule has 2 heterocycles. The van der Waals surface area contributed by atoms with Gasteiger partial charge >= 0.3 is 0 Å². The molecule has 3 N–H and O–H groups in total. The molecule has 126 valence electrons. The van der Waals surface area contributed by atoms with Crippen molar-refractivity contribution in [1.29, 1.82) is 0 Å². The molecule has 4 rings (SSSR count). The summed E-state index contributed by atoms with van der Waals surface area (Å²) >= 11 is 0. The van der Waals surface area contributed by atoms with E-state index in [1.807, 2.05) is 18.2 Å². The number of nitrogens with one attached hydrogen (secondary N) is 2. The summed E-state index contributed by atoms with van der Waals surface area (Å²) in [5, 5.41) is 16.3. The molecule has 24 heavy (non-hydrogen) atoms. The van der Waals surface area contributed by atoms with Crippen molar-refractivity contribution in [2.75, 3.05) is 23.8 Å². The van der Waals surface area contributed by atoms with E-state index in [0.717, 1.165) is 37.2 Å². The van der Waals surface area contributed by atoms with Crippen LogP contribution in [0.25, 0.3) is 0 Å². The van der Waals surface area contributed by atoms with Crippen molar-refractivity contribution in [3.05, 3.63) is 54.1 Å². The Balaban J connectivity index is 1.59. The summed E-state index contributed by atoms with van der Waals surface area (Å²) in [6, 6.07) is 17.1. The second-order valence-electron chi connectivity index (χ2n) is 6.65. The number of hydrogen-bond donors (Lipinski definition) is 3. The van der Waals surface area contributed by atoms with Crippen molar-refractivity contribution in [1.82, 2.24) is 0 Å². The zero-order chi connectivity index (χ0) is 16.4. The number of rotatable bonds is 5. The highest BCUT2D eigenvalue weighted by Gasteiger charge is 2.40. The standard InChI is InChI=1S/C20H24N2O2/c23-11-4-7-18-16-10-12-24-20(16)17-13-15(8-9-19(17)22-18)21-14-5-2-1-3-6-14/h1-3,5-6,8-9,13,16,18,20-23H,4,7,10-12H2/t16-,18+,20-/m0/s1. The van der Waals surface area contributed by atoms with Crippen LogP contribution in [0.5, 0.6) is 0 Å². The molecule has 0 radical (unpaired) electrons. The number of fused-ring (bicyclic) bond motifs is 3. The number of aliphatic hydroxyl groups excluding tert-OH is 1. The number of hydrogen-bond acceptors (Lipinski definition) is 4. The van der Waals surface area contributed by atoms with E-state index >= 15 is 0 Å². The molecule has 2 aromatic rings. The van der Waals surface area contributed by atoms with Crippen molar-refractivity contribution in [2.45, 2.75) is 31.4 Å². The molecule has 0 unspecified atom stereocenters. The van der Waals surface area contributed by atoms with Crippen molar-refractivity contribution < 1.29 is 9.84 Å². The summed E-state index contributed by atoms with van der Waals surface area (Å²) < 4.78 is 6.07. The third kappa shape index (κ3) is 2.99. The molecule has 0 spiro atoms. The van der Waals surface area contributed by atoms with Crippen LogP contribution in [-0.4, -0.2) is 24.4 Å². The Morgan fingerprint density at radius 1 is 1.12 bits per heavy atom. The van der Waals surface area contributed by atoms with Crippen LogP contribution in [-0.2, 0) is 4.74 Å². The second-order valence-corrected chi connectivity index (χ2v) is 6.65. The van der Waals surface area contributed by atoms with Crippen molar-refractivity contribution in [3.8, 4) is 0 Å². The Morgan fingerprint density at radius 2 is 2.00 bits per heavy atom. The van der Waals surface area contributed by atoms with Crippen LogP contribution in [0, 0.1) is 5.92 Å². The highest BCUT2D eigenvalue weighted by Crippen LogP contribution is 2.46. The minimum Gasteiger partial charge on any atom is -0.396 e. The van der Waals surface area contributed by atoms with E-state index in [-0.39, 0.29) is 12.7 Å². The monoisotopic (exact) mass is 324 g/mol. The van der Waals surface area contributed by atoms with Crippen molar-refractivity contribution in [3.63, 3.8) is 0 Å². The van der Waals surface area contributed by atoms with Gasteiger partial charge in [-0.2, -0.15) is 0 Å². The van der Waals surface area contributed by atoms with Gasteiger partial charge in [0.05, 0.1) is 6.10 Å². The maximum Gasteiger partial charge on any atom is 0.0894 e. The zero-order valence-electron chi connectivity index (χ0n) is 13.7. The average molecular weight is 324 g/mol. The van der Waals surface area contributed by atoms with Crippen LogP contribution >= 0.6 is 0 Å². The fourth-order valence-electron chi connectivity index (χ4n) is 3.94. The summed E-state index contributed by atoms with van der Waals surface area (Å²) in [4.78, 5) is 0. The Labute approximate surface area is 142 Å². The molecule has 1 saturated heterocycles. The van der Waals surface area contributed by atoms with Crippen LogP contribution < -0.4 is 10.6 Å². The van der Waals surface area contributed by atoms with Gasteiger partial charge in [-0.3, -0.25) is 0 Å². The molecule has 2 aliphatic heterocycles. The molecule has 0 bridgehead atoms. The third-order valence-electron chi connectivity index (χ3n) is 5.09. The lowest BCUT2D eigenvalue weighted by Gasteiger charge is -2.36. The first-order valence-electron chi connectivity index (χ1n) is 8.80. The van der Waals surface area contributed by atoms with Gasteiger partial charge < -0.3 is 20.5 Å². The van der Waals surface area contributed by atoms with E-state index < -0.39 is 0 Å². The van der Waals surface area contributed by atoms with Crippen LogP contribution in [0.2, 0.25) is 0 Å². The van der Waals surface area contributed by atoms with Crippen LogP contribution in [0.1, 0.15) is 30.9 Å². The first-order chi connectivity index (χ1) is 11.8. The summed E-state index contributed by atoms with van der Waals surface area (Å²) in [6.45, 7) is 1.08. The Bertz CT molecular complexity index is 689. The van der Waals surface area contributed by atoms with E-state index in [9.17, 15) is 0 Å². The number of benzene rings is 2. The summed E-state index contributed by atoms with van der Waals surface area (Å²) in [6.07, 6.45) is 3.08. The number of para-hydroxylation sites is 1. The molecule has 3 atom stereocenters. The predicted molar refractivity (Wildman–Crippen MR) is 96.7 cm³/mol. The van der Waals surface area contributed by atoms with Gasteiger partial charge in [-0.1, -0.05) is 18.2 Å². The molecule has 4 nitrogen and oxygen atoms in total. The van der Waals surface area contributed by atoms with Gasteiger partial charge in [-0.25, -0.2) is 0 Å². The quantitative estimate of drug-likeness (QED) is 0.776. The van der Waals surface area contributed by atoms with Gasteiger partial charge in [0, 0.05) is 47.8 Å². The Hall–Kier alpha value is -2.04. The lowest BCUT2D eigenvalue weighted by Crippen LogP contribution is -2.36. The highest BCUT2D eigenvalue weighted by atomic mass is 16.5. The molecule has 2 aromatic carbocycles. The largest absolute Gasteiger partial charge is 0.396 e. The molecule has 0 aromatic heterocycles. The van der Waals surface area contributed by atoms with Crippen molar-refractivity contribution in [2.24, 2.45) is 5.92 Å². The van der Waals surface area contributed by atoms with E-state index in [0.29, 0.717) is 12.0 Å². The summed E-state index contributed by atoms with van der Waals surface area (Å²) in [5.74, 6) is 0.496. The van der Waals surface area contributed by atoms with Crippen LogP contribution in [0.4, 0.5) is 17.1 Å². The molecule has 2 aliphatic rings. The molecule has 0 amide bonds. The SMILES string of the molecule is OCCC[C@H]1Nc2ccc(Nc3ccccc3)cc2[C@H]2OCC[C@H]21. The average Bonchev–Trinajstić information content (AvgIpc) is 3.11. The van der Waals surface area contributed by atoms with Gasteiger partial charge in [-0.05, 0) is 49.6 Å². The highest BCUT2D eigenvalue weighted by molar-refractivity contribution is 5.67. The molecule has 4 heteroatoms. The van der Waals surface area contributed by atoms with Gasteiger partial charge in [0.1, 0.15) is 0 Å². The molecular weight excluding hydrogens is 300 g/mol. The maximum absolute atomic E-state index is 9.14. The van der Waals surface area contributed by atoms with Crippen LogP contribution in [0.3, 0.4) is 0 Å². The Kier molecular flexibility index (Phi) is 4.41. The number of anilines is 3. The smallest absolute Gasteiger partial charge is 0.0894 e. The van der Waals surface area contributed by atoms with Gasteiger partial charge in [-0.15, -0.1) is 0 Å². The zero-order valence-corrected chi connectivity index (χ0v) is 13.7. The molecule has 1 fully saturated rings. The summed E-state index contributed by atoms with van der Waals surface area (Å²) in [7, 11) is 0. The van der Waals surface area contributed by atoms with E-state index in [1.165, 1.54) is 11.3 Å². The van der Waals surface area contributed by atoms with Gasteiger partial charge in [0.25, 0.3) is 0 Å². The lowest BCUT2D eigenvalue weighted by molar-refractivity contribution is 0.0814. The van der Waals surface area contributed by atoms with Crippen molar-refractivity contribution >= 4 is 17.1 Å². The Morgan fingerprint density at radius 3 is 2.83 bits per heavy atom. The van der Waals surface area contributed by atoms with E-state index in [1.54, 1.807) is 0 Å². The molecular formula is C20H24N2O2. The van der Waals surface area contributed by atoms with E-state index in [2.05, 4.69) is 41.0 Å². The topological polar surface area (TPSA) is 53.5 Å².